The molecule has 0 aliphatic heterocycles. The van der Waals surface area contributed by atoms with Gasteiger partial charge < -0.3 is 15.2 Å². The molecule has 0 heterocycles. The first-order chi connectivity index (χ1) is 8.57. The minimum atomic E-state index is -0.362. The van der Waals surface area contributed by atoms with Crippen LogP contribution in [0, 0.1) is 11.3 Å². The Labute approximate surface area is 119 Å². The molecule has 1 saturated carbocycles. The van der Waals surface area contributed by atoms with Crippen molar-refractivity contribution in [2.45, 2.75) is 78.6 Å². The van der Waals surface area contributed by atoms with Crippen molar-refractivity contribution in [3.63, 3.8) is 0 Å². The fraction of sp³-hybridized carbons (Fsp3) is 1.00. The molecule has 3 atom stereocenters. The highest BCUT2D eigenvalue weighted by atomic mass is 16.5. The van der Waals surface area contributed by atoms with Crippen LogP contribution < -0.4 is 5.32 Å². The first-order valence-corrected chi connectivity index (χ1v) is 7.71. The number of hydrogen-bond donors (Lipinski definition) is 2. The van der Waals surface area contributed by atoms with Crippen LogP contribution in [-0.2, 0) is 4.74 Å². The molecule has 3 heteroatoms. The summed E-state index contributed by atoms with van der Waals surface area (Å²) >= 11 is 0. The van der Waals surface area contributed by atoms with Crippen LogP contribution in [0.15, 0.2) is 0 Å². The second kappa shape index (κ2) is 6.55. The number of nitrogens with two attached hydrogens (primary N) is 1. The number of rotatable bonds is 5. The van der Waals surface area contributed by atoms with Gasteiger partial charge in [-0.05, 0) is 51.4 Å². The number of aliphatic hydroxyl groups is 1. The van der Waals surface area contributed by atoms with Crippen LogP contribution in [0.3, 0.4) is 0 Å². The highest BCUT2D eigenvalue weighted by Crippen LogP contribution is 2.39. The molecule has 0 aromatic heterocycles. The Morgan fingerprint density at radius 1 is 1.32 bits per heavy atom. The van der Waals surface area contributed by atoms with E-state index in [-0.39, 0.29) is 11.6 Å². The SMILES string of the molecule is C[C@@H]1C[C@H](OC[C@H](O)C[NH2+]C(C)(C)C)CC(C)(C)C1. The fourth-order valence-electron chi connectivity index (χ4n) is 3.19. The number of quaternary nitrogens is 1. The molecule has 114 valence electrons. The highest BCUT2D eigenvalue weighted by molar-refractivity contribution is 4.83. The minimum Gasteiger partial charge on any atom is -0.385 e. The Bertz CT molecular complexity index is 270. The molecule has 3 nitrogen and oxygen atoms in total. The Balaban J connectivity index is 2.28. The molecule has 1 fully saturated rings. The van der Waals surface area contributed by atoms with Gasteiger partial charge in [0.15, 0.2) is 0 Å². The molecule has 3 N–H and O–H groups in total. The summed E-state index contributed by atoms with van der Waals surface area (Å²) in [5.74, 6) is 0.729. The van der Waals surface area contributed by atoms with E-state index in [1.807, 2.05) is 0 Å². The molecule has 0 aromatic carbocycles. The lowest BCUT2D eigenvalue weighted by Gasteiger charge is -2.39. The normalized spacial score (nSPS) is 29.2. The molecule has 0 bridgehead atoms. The van der Waals surface area contributed by atoms with Crippen LogP contribution in [0.2, 0.25) is 0 Å². The van der Waals surface area contributed by atoms with E-state index >= 15 is 0 Å². The third kappa shape index (κ3) is 7.28. The molecule has 0 spiro atoms. The van der Waals surface area contributed by atoms with Gasteiger partial charge in [0.25, 0.3) is 0 Å². The lowest BCUT2D eigenvalue weighted by atomic mass is 9.71. The monoisotopic (exact) mass is 272 g/mol. The lowest BCUT2D eigenvalue weighted by Crippen LogP contribution is -2.96. The maximum atomic E-state index is 9.98. The van der Waals surface area contributed by atoms with Crippen LogP contribution in [0.1, 0.15) is 60.8 Å². The standard InChI is InChI=1S/C16H33NO2/c1-12-7-14(9-16(5,6)8-12)19-11-13(18)10-17-15(2,3)4/h12-14,17-18H,7-11H2,1-6H3/p+1/t12-,13-,14+/m1/s1. The lowest BCUT2D eigenvalue weighted by molar-refractivity contribution is -0.722. The van der Waals surface area contributed by atoms with E-state index in [1.165, 1.54) is 6.42 Å². The molecule has 0 amide bonds. The van der Waals surface area contributed by atoms with Gasteiger partial charge in [-0.25, -0.2) is 0 Å². The van der Waals surface area contributed by atoms with Gasteiger partial charge in [-0.2, -0.15) is 0 Å². The Kier molecular flexibility index (Phi) is 5.84. The van der Waals surface area contributed by atoms with Crippen LogP contribution in [-0.4, -0.2) is 36.0 Å². The van der Waals surface area contributed by atoms with Gasteiger partial charge in [-0.3, -0.25) is 0 Å². The molecular weight excluding hydrogens is 238 g/mol. The summed E-state index contributed by atoms with van der Waals surface area (Å²) in [6.07, 6.45) is 3.50. The predicted molar refractivity (Wildman–Crippen MR) is 79.1 cm³/mol. The molecular formula is C16H34NO2+. The number of ether oxygens (including phenoxy) is 1. The number of hydrogen-bond acceptors (Lipinski definition) is 2. The molecule has 0 aromatic rings. The smallest absolute Gasteiger partial charge is 0.126 e. The summed E-state index contributed by atoms with van der Waals surface area (Å²) in [5, 5.41) is 12.2. The molecule has 19 heavy (non-hydrogen) atoms. The van der Waals surface area contributed by atoms with Crippen LogP contribution in [0.4, 0.5) is 0 Å². The summed E-state index contributed by atoms with van der Waals surface area (Å²) < 4.78 is 5.95. The van der Waals surface area contributed by atoms with Gasteiger partial charge in [0.1, 0.15) is 12.6 Å². The summed E-state index contributed by atoms with van der Waals surface area (Å²) in [6.45, 7) is 14.6. The molecule has 0 radical (unpaired) electrons. The van der Waals surface area contributed by atoms with E-state index in [1.54, 1.807) is 0 Å². The first kappa shape index (κ1) is 16.9. The maximum Gasteiger partial charge on any atom is 0.126 e. The zero-order chi connectivity index (χ0) is 14.7. The van der Waals surface area contributed by atoms with Gasteiger partial charge in [-0.1, -0.05) is 20.8 Å². The largest absolute Gasteiger partial charge is 0.385 e. The average molecular weight is 272 g/mol. The first-order valence-electron chi connectivity index (χ1n) is 7.71. The van der Waals surface area contributed by atoms with Crippen molar-refractivity contribution >= 4 is 0 Å². The average Bonchev–Trinajstić information content (AvgIpc) is 2.19. The van der Waals surface area contributed by atoms with E-state index in [0.29, 0.717) is 18.1 Å². The van der Waals surface area contributed by atoms with Crippen LogP contribution in [0.25, 0.3) is 0 Å². The zero-order valence-electron chi connectivity index (χ0n) is 13.7. The van der Waals surface area contributed by atoms with E-state index in [0.717, 1.165) is 25.3 Å². The van der Waals surface area contributed by atoms with Gasteiger partial charge in [-0.15, -0.1) is 0 Å². The van der Waals surface area contributed by atoms with E-state index in [9.17, 15) is 5.11 Å². The highest BCUT2D eigenvalue weighted by Gasteiger charge is 2.32. The van der Waals surface area contributed by atoms with Crippen molar-refractivity contribution in [3.8, 4) is 0 Å². The third-order valence-corrected chi connectivity index (χ3v) is 3.87. The second-order valence-corrected chi connectivity index (χ2v) is 8.33. The van der Waals surface area contributed by atoms with Gasteiger partial charge in [0.05, 0.1) is 18.2 Å². The van der Waals surface area contributed by atoms with Crippen LogP contribution >= 0.6 is 0 Å². The second-order valence-electron chi connectivity index (χ2n) is 8.33. The maximum absolute atomic E-state index is 9.98. The zero-order valence-corrected chi connectivity index (χ0v) is 13.7. The molecule has 1 rings (SSSR count). The Hall–Kier alpha value is -0.120. The van der Waals surface area contributed by atoms with Gasteiger partial charge in [0, 0.05) is 0 Å². The van der Waals surface area contributed by atoms with Crippen molar-refractivity contribution < 1.29 is 15.2 Å². The van der Waals surface area contributed by atoms with Crippen molar-refractivity contribution in [2.75, 3.05) is 13.2 Å². The van der Waals surface area contributed by atoms with Gasteiger partial charge in [0.2, 0.25) is 0 Å². The predicted octanol–water partition coefficient (Wildman–Crippen LogP) is 1.94. The summed E-state index contributed by atoms with van der Waals surface area (Å²) in [5.41, 5.74) is 0.549. The molecule has 1 aliphatic carbocycles. The quantitative estimate of drug-likeness (QED) is 0.803. The minimum absolute atomic E-state index is 0.169. The van der Waals surface area contributed by atoms with Gasteiger partial charge >= 0.3 is 0 Å². The van der Waals surface area contributed by atoms with Crippen molar-refractivity contribution in [1.29, 1.82) is 0 Å². The molecule has 0 saturated heterocycles. The van der Waals surface area contributed by atoms with E-state index < -0.39 is 0 Å². The van der Waals surface area contributed by atoms with Crippen molar-refractivity contribution in [2.24, 2.45) is 11.3 Å². The summed E-state index contributed by atoms with van der Waals surface area (Å²) in [7, 11) is 0. The Morgan fingerprint density at radius 2 is 1.95 bits per heavy atom. The van der Waals surface area contributed by atoms with Crippen molar-refractivity contribution in [3.05, 3.63) is 0 Å². The topological polar surface area (TPSA) is 46.1 Å². The van der Waals surface area contributed by atoms with Crippen molar-refractivity contribution in [1.82, 2.24) is 0 Å². The summed E-state index contributed by atoms with van der Waals surface area (Å²) in [6, 6.07) is 0. The Morgan fingerprint density at radius 3 is 2.47 bits per heavy atom. The van der Waals surface area contributed by atoms with Crippen LogP contribution in [0.5, 0.6) is 0 Å². The third-order valence-electron chi connectivity index (χ3n) is 3.87. The molecule has 0 unspecified atom stereocenters. The number of aliphatic hydroxyl groups excluding tert-OH is 1. The molecule has 1 aliphatic rings. The van der Waals surface area contributed by atoms with E-state index in [4.69, 9.17) is 4.74 Å². The van der Waals surface area contributed by atoms with E-state index in [2.05, 4.69) is 46.9 Å². The summed E-state index contributed by atoms with van der Waals surface area (Å²) in [4.78, 5) is 0. The fourth-order valence-corrected chi connectivity index (χ4v) is 3.19.